The van der Waals surface area contributed by atoms with Crippen LogP contribution in [0.5, 0.6) is 0 Å². The summed E-state index contributed by atoms with van der Waals surface area (Å²) in [5.41, 5.74) is 2.37. The largest absolute Gasteiger partial charge is 0.312 e. The topological polar surface area (TPSA) is 98.8 Å². The highest BCUT2D eigenvalue weighted by Crippen LogP contribution is 2.31. The highest BCUT2D eigenvalue weighted by atomic mass is 16.2. The van der Waals surface area contributed by atoms with Crippen LogP contribution in [0.3, 0.4) is 0 Å². The summed E-state index contributed by atoms with van der Waals surface area (Å²) in [7, 11) is 0. The molecule has 4 aromatic carbocycles. The van der Waals surface area contributed by atoms with E-state index >= 15 is 0 Å². The molecule has 1 aliphatic carbocycles. The fourth-order valence-electron chi connectivity index (χ4n) is 7.07. The molecular formula is C35H34N4O4. The number of carbonyl (C=O) groups excluding carboxylic acids is 4. The van der Waals surface area contributed by atoms with Crippen molar-refractivity contribution >= 4 is 45.2 Å². The second kappa shape index (κ2) is 11.4. The van der Waals surface area contributed by atoms with Crippen LogP contribution in [-0.4, -0.2) is 71.7 Å². The summed E-state index contributed by atoms with van der Waals surface area (Å²) in [6.45, 7) is 2.14. The molecule has 8 nitrogen and oxygen atoms in total. The normalized spacial score (nSPS) is 19.7. The second-order valence-corrected chi connectivity index (χ2v) is 11.7. The van der Waals surface area contributed by atoms with Gasteiger partial charge in [0.2, 0.25) is 0 Å². The zero-order valence-electron chi connectivity index (χ0n) is 24.0. The lowest BCUT2D eigenvalue weighted by Gasteiger charge is -2.28. The molecule has 2 N–H and O–H groups in total. The summed E-state index contributed by atoms with van der Waals surface area (Å²) in [6.07, 6.45) is 4.57. The highest BCUT2D eigenvalue weighted by molar-refractivity contribution is 6.26. The van der Waals surface area contributed by atoms with Gasteiger partial charge in [0.1, 0.15) is 0 Å². The van der Waals surface area contributed by atoms with Gasteiger partial charge in [-0.05, 0) is 73.8 Å². The first-order chi connectivity index (χ1) is 21.0. The van der Waals surface area contributed by atoms with Crippen LogP contribution in [-0.2, 0) is 0 Å². The monoisotopic (exact) mass is 574 g/mol. The van der Waals surface area contributed by atoms with E-state index in [1.54, 1.807) is 24.3 Å². The molecule has 4 amide bonds. The Bertz CT molecular complexity index is 1550. The Kier molecular flexibility index (Phi) is 7.24. The molecule has 0 aromatic heterocycles. The van der Waals surface area contributed by atoms with E-state index in [0.717, 1.165) is 40.8 Å². The van der Waals surface area contributed by atoms with Crippen molar-refractivity contribution in [3.63, 3.8) is 0 Å². The third kappa shape index (κ3) is 4.80. The minimum absolute atomic E-state index is 0.222. The molecule has 43 heavy (non-hydrogen) atoms. The van der Waals surface area contributed by atoms with Gasteiger partial charge in [0.15, 0.2) is 0 Å². The maximum absolute atomic E-state index is 13.2. The van der Waals surface area contributed by atoms with Gasteiger partial charge in [-0.2, -0.15) is 0 Å². The van der Waals surface area contributed by atoms with Crippen molar-refractivity contribution in [2.24, 2.45) is 0 Å². The van der Waals surface area contributed by atoms with Crippen LogP contribution in [0.1, 0.15) is 73.5 Å². The molecule has 0 spiro atoms. The highest BCUT2D eigenvalue weighted by Gasteiger charge is 2.34. The quantitative estimate of drug-likeness (QED) is 0.209. The van der Waals surface area contributed by atoms with Crippen LogP contribution in [0, 0.1) is 0 Å². The smallest absolute Gasteiger partial charge is 0.261 e. The summed E-state index contributed by atoms with van der Waals surface area (Å²) in [5, 5.41) is 10.6. The Balaban J connectivity index is 0.890. The predicted molar refractivity (Wildman–Crippen MR) is 165 cm³/mol. The van der Waals surface area contributed by atoms with Gasteiger partial charge in [-0.1, -0.05) is 55.0 Å². The molecule has 2 aliphatic heterocycles. The van der Waals surface area contributed by atoms with Gasteiger partial charge in [0.05, 0.1) is 0 Å². The van der Waals surface area contributed by atoms with E-state index in [9.17, 15) is 19.2 Å². The van der Waals surface area contributed by atoms with Gasteiger partial charge in [-0.25, -0.2) is 0 Å². The molecule has 0 saturated heterocycles. The number of carbonyl (C=O) groups is 4. The summed E-state index contributed by atoms with van der Waals surface area (Å²) >= 11 is 0. The number of benzene rings is 4. The van der Waals surface area contributed by atoms with Crippen molar-refractivity contribution in [3.8, 4) is 0 Å². The average Bonchev–Trinajstić information content (AvgIpc) is 3.48. The summed E-state index contributed by atoms with van der Waals surface area (Å²) < 4.78 is 0. The maximum atomic E-state index is 13.2. The van der Waals surface area contributed by atoms with Crippen molar-refractivity contribution in [2.75, 3.05) is 26.2 Å². The zero-order chi connectivity index (χ0) is 29.5. The number of nitrogens with zero attached hydrogens (tertiary/aromatic N) is 2. The van der Waals surface area contributed by atoms with E-state index in [4.69, 9.17) is 0 Å². The van der Waals surface area contributed by atoms with E-state index in [1.165, 1.54) is 9.80 Å². The summed E-state index contributed by atoms with van der Waals surface area (Å²) in [5.74, 6) is -0.887. The third-order valence-corrected chi connectivity index (χ3v) is 9.16. The first-order valence-electron chi connectivity index (χ1n) is 15.3. The average molecular weight is 575 g/mol. The van der Waals surface area contributed by atoms with Crippen molar-refractivity contribution in [1.82, 2.24) is 20.4 Å². The Morgan fingerprint density at radius 1 is 0.535 bits per heavy atom. The van der Waals surface area contributed by atoms with E-state index in [0.29, 0.717) is 73.4 Å². The molecule has 2 atom stereocenters. The van der Waals surface area contributed by atoms with Crippen molar-refractivity contribution in [2.45, 2.75) is 44.2 Å². The van der Waals surface area contributed by atoms with E-state index in [1.807, 2.05) is 48.5 Å². The van der Waals surface area contributed by atoms with E-state index in [2.05, 4.69) is 10.6 Å². The van der Waals surface area contributed by atoms with Crippen molar-refractivity contribution in [3.05, 3.63) is 95.1 Å². The molecule has 7 rings (SSSR count). The molecule has 2 heterocycles. The Labute approximate surface area is 250 Å². The Hall–Kier alpha value is -4.40. The predicted octanol–water partition coefficient (Wildman–Crippen LogP) is 4.77. The lowest BCUT2D eigenvalue weighted by molar-refractivity contribution is 0.0592. The van der Waals surface area contributed by atoms with Gasteiger partial charge < -0.3 is 10.6 Å². The van der Waals surface area contributed by atoms with Gasteiger partial charge in [0, 0.05) is 58.2 Å². The fraction of sp³-hybridized carbons (Fsp3) is 0.314. The minimum Gasteiger partial charge on any atom is -0.312 e. The molecule has 8 heteroatoms. The maximum Gasteiger partial charge on any atom is 0.261 e. The Morgan fingerprint density at radius 2 is 0.884 bits per heavy atom. The van der Waals surface area contributed by atoms with Crippen LogP contribution in [0.25, 0.3) is 21.5 Å². The molecule has 0 unspecified atom stereocenters. The molecular weight excluding hydrogens is 540 g/mol. The number of hydrogen-bond acceptors (Lipinski definition) is 6. The number of amides is 4. The van der Waals surface area contributed by atoms with Gasteiger partial charge in [-0.3, -0.25) is 29.0 Å². The number of rotatable bonds is 10. The Morgan fingerprint density at radius 3 is 1.23 bits per heavy atom. The standard InChI is InChI=1S/C35H34N4O4/c40-32-24-12-1-8-22-9-2-13-25(30(22)24)33(41)38(32)20-6-18-36-28-16-5-17-29(28)37-19-7-21-39-34(42)26-14-3-10-23-11-4-15-27(31(23)26)35(39)43/h1-4,8-15,28-29,36-37H,5-7,16-21H2/t28-,29-/m1/s1. The van der Waals surface area contributed by atoms with Crippen molar-refractivity contribution < 1.29 is 19.2 Å². The third-order valence-electron chi connectivity index (χ3n) is 9.16. The summed E-state index contributed by atoms with van der Waals surface area (Å²) in [6, 6.07) is 23.0. The molecule has 4 aromatic rings. The van der Waals surface area contributed by atoms with E-state index < -0.39 is 0 Å². The van der Waals surface area contributed by atoms with Crippen LogP contribution >= 0.6 is 0 Å². The van der Waals surface area contributed by atoms with Crippen LogP contribution in [0.15, 0.2) is 72.8 Å². The first kappa shape index (κ1) is 27.4. The van der Waals surface area contributed by atoms with Gasteiger partial charge in [-0.15, -0.1) is 0 Å². The SMILES string of the molecule is O=C1c2cccc3cccc(c23)C(=O)N1CCCN[C@@H]1CCC[C@H]1NCCCN1C(=O)c2cccc3cccc(c23)C1=O. The number of hydrogen-bond donors (Lipinski definition) is 2. The van der Waals surface area contributed by atoms with Gasteiger partial charge >= 0.3 is 0 Å². The summed E-state index contributed by atoms with van der Waals surface area (Å²) in [4.78, 5) is 55.4. The fourth-order valence-corrected chi connectivity index (χ4v) is 7.07. The van der Waals surface area contributed by atoms with Crippen LogP contribution in [0.4, 0.5) is 0 Å². The first-order valence-corrected chi connectivity index (χ1v) is 15.3. The zero-order valence-corrected chi connectivity index (χ0v) is 24.0. The second-order valence-electron chi connectivity index (χ2n) is 11.7. The van der Waals surface area contributed by atoms with Gasteiger partial charge in [0.25, 0.3) is 23.6 Å². The minimum atomic E-state index is -0.222. The van der Waals surface area contributed by atoms with Crippen LogP contribution in [0.2, 0.25) is 0 Å². The lowest BCUT2D eigenvalue weighted by Crippen LogP contribution is -2.47. The molecule has 3 aliphatic rings. The lowest BCUT2D eigenvalue weighted by atomic mass is 9.94. The molecule has 1 saturated carbocycles. The molecule has 1 fully saturated rings. The van der Waals surface area contributed by atoms with Crippen LogP contribution < -0.4 is 10.6 Å². The molecule has 218 valence electrons. The van der Waals surface area contributed by atoms with Crippen molar-refractivity contribution in [1.29, 1.82) is 0 Å². The number of imide groups is 2. The van der Waals surface area contributed by atoms with E-state index in [-0.39, 0.29) is 23.6 Å². The molecule has 0 bridgehead atoms. The number of nitrogens with one attached hydrogen (secondary N) is 2. The molecule has 0 radical (unpaired) electrons.